The number of imide groups is 1. The topological polar surface area (TPSA) is 84.7 Å². The molecule has 2 amide bonds. The summed E-state index contributed by atoms with van der Waals surface area (Å²) in [5.74, 6) is 0.552. The predicted octanol–water partition coefficient (Wildman–Crippen LogP) is 3.77. The van der Waals surface area contributed by atoms with Gasteiger partial charge in [-0.1, -0.05) is 36.0 Å². The molecule has 2 aromatic carbocycles. The van der Waals surface area contributed by atoms with Crippen molar-refractivity contribution in [1.82, 2.24) is 10.3 Å². The minimum atomic E-state index is -0.354. The van der Waals surface area contributed by atoms with Gasteiger partial charge in [0, 0.05) is 6.04 Å². The molecule has 3 aromatic rings. The maximum atomic E-state index is 11.7. The molecule has 1 aliphatic heterocycles. The van der Waals surface area contributed by atoms with Gasteiger partial charge in [-0.2, -0.15) is 4.98 Å². The zero-order chi connectivity index (χ0) is 20.5. The molecule has 2 aliphatic rings. The van der Waals surface area contributed by atoms with Crippen LogP contribution in [-0.2, 0) is 11.2 Å². The van der Waals surface area contributed by atoms with Crippen molar-refractivity contribution in [1.29, 1.82) is 0 Å². The number of benzene rings is 2. The molecule has 1 saturated carbocycles. The number of hydrogen-bond donors (Lipinski definition) is 1. The van der Waals surface area contributed by atoms with Crippen molar-refractivity contribution in [3.63, 3.8) is 0 Å². The molecule has 2 fully saturated rings. The first-order valence-electron chi connectivity index (χ1n) is 10.0. The summed E-state index contributed by atoms with van der Waals surface area (Å²) in [6, 6.07) is 16.6. The molecular weight excluding hydrogens is 402 g/mol. The molecule has 30 heavy (non-hydrogen) atoms. The van der Waals surface area contributed by atoms with Gasteiger partial charge < -0.3 is 14.1 Å². The van der Waals surface area contributed by atoms with Gasteiger partial charge in [-0.15, -0.1) is 0 Å². The fourth-order valence-electron chi connectivity index (χ4n) is 3.53. The summed E-state index contributed by atoms with van der Waals surface area (Å²) >= 11 is 1.05. The Balaban J connectivity index is 1.17. The van der Waals surface area contributed by atoms with Gasteiger partial charge in [-0.05, 0) is 49.1 Å². The highest BCUT2D eigenvalue weighted by Crippen LogP contribution is 2.32. The third-order valence-corrected chi connectivity index (χ3v) is 6.21. The fraction of sp³-hybridized carbons (Fsp3) is 0.318. The van der Waals surface area contributed by atoms with E-state index in [1.165, 1.54) is 0 Å². The first-order valence-corrected chi connectivity index (χ1v) is 10.9. The molecule has 1 atom stereocenters. The minimum Gasteiger partial charge on any atom is -0.492 e. The summed E-state index contributed by atoms with van der Waals surface area (Å²) in [6.45, 7) is 1.21. The fourth-order valence-corrected chi connectivity index (χ4v) is 4.39. The molecule has 7 nitrogen and oxygen atoms in total. The lowest BCUT2D eigenvalue weighted by Gasteiger charge is -2.20. The molecule has 154 valence electrons. The second-order valence-electron chi connectivity index (χ2n) is 7.47. The van der Waals surface area contributed by atoms with Crippen LogP contribution in [0, 0.1) is 0 Å². The number of fused-ring (bicyclic) bond motifs is 1. The molecular formula is C22H21N3O4S. The lowest BCUT2D eigenvalue weighted by molar-refractivity contribution is -0.118. The van der Waals surface area contributed by atoms with E-state index in [4.69, 9.17) is 9.15 Å². The largest absolute Gasteiger partial charge is 0.492 e. The number of para-hydroxylation sites is 2. The average Bonchev–Trinajstić information content (AvgIpc) is 3.40. The lowest BCUT2D eigenvalue weighted by atomic mass is 10.1. The monoisotopic (exact) mass is 423 g/mol. The number of ether oxygens (including phenoxy) is 1. The zero-order valence-electron chi connectivity index (χ0n) is 16.2. The Bertz CT molecular complexity index is 1040. The maximum Gasteiger partial charge on any atom is 0.298 e. The number of hydrogen-bond acceptors (Lipinski definition) is 7. The summed E-state index contributed by atoms with van der Waals surface area (Å²) in [5.41, 5.74) is 2.66. The van der Waals surface area contributed by atoms with Crippen LogP contribution >= 0.6 is 11.8 Å². The highest BCUT2D eigenvalue weighted by atomic mass is 32.2. The summed E-state index contributed by atoms with van der Waals surface area (Å²) in [4.78, 5) is 29.8. The molecule has 1 N–H and O–H groups in total. The van der Waals surface area contributed by atoms with Gasteiger partial charge >= 0.3 is 0 Å². The Morgan fingerprint density at radius 1 is 1.13 bits per heavy atom. The van der Waals surface area contributed by atoms with E-state index in [1.54, 1.807) is 0 Å². The SMILES string of the molecule is O=C1NC(=O)C(Cc2ccc(OCCN(c3nc4ccccc4o3)C3CC3)cc2)S1. The Morgan fingerprint density at radius 3 is 2.63 bits per heavy atom. The summed E-state index contributed by atoms with van der Waals surface area (Å²) < 4.78 is 11.9. The van der Waals surface area contributed by atoms with Crippen molar-refractivity contribution in [2.24, 2.45) is 0 Å². The molecule has 8 heteroatoms. The number of rotatable bonds is 8. The summed E-state index contributed by atoms with van der Waals surface area (Å²) in [5, 5.41) is 1.69. The van der Waals surface area contributed by atoms with E-state index >= 15 is 0 Å². The molecule has 5 rings (SSSR count). The molecule has 1 unspecified atom stereocenters. The summed E-state index contributed by atoms with van der Waals surface area (Å²) in [6.07, 6.45) is 2.81. The lowest BCUT2D eigenvalue weighted by Crippen LogP contribution is -2.30. The van der Waals surface area contributed by atoms with Crippen LogP contribution in [0.4, 0.5) is 10.8 Å². The van der Waals surface area contributed by atoms with Gasteiger partial charge in [-0.25, -0.2) is 0 Å². The van der Waals surface area contributed by atoms with E-state index in [2.05, 4.69) is 15.2 Å². The third-order valence-electron chi connectivity index (χ3n) is 5.23. The van der Waals surface area contributed by atoms with E-state index in [1.807, 2.05) is 48.5 Å². The van der Waals surface area contributed by atoms with Crippen molar-refractivity contribution in [3.05, 3.63) is 54.1 Å². The maximum absolute atomic E-state index is 11.7. The highest BCUT2D eigenvalue weighted by molar-refractivity contribution is 8.15. The summed E-state index contributed by atoms with van der Waals surface area (Å²) in [7, 11) is 0. The van der Waals surface area contributed by atoms with Crippen molar-refractivity contribution in [2.75, 3.05) is 18.1 Å². The number of aromatic nitrogens is 1. The third kappa shape index (κ3) is 4.14. The van der Waals surface area contributed by atoms with Crippen LogP contribution in [0.5, 0.6) is 5.75 Å². The van der Waals surface area contributed by atoms with Gasteiger partial charge in [0.2, 0.25) is 5.91 Å². The number of amides is 2. The van der Waals surface area contributed by atoms with Crippen LogP contribution < -0.4 is 15.0 Å². The molecule has 0 radical (unpaired) electrons. The van der Waals surface area contributed by atoms with Gasteiger partial charge in [0.05, 0.1) is 11.8 Å². The van der Waals surface area contributed by atoms with Crippen LogP contribution in [0.2, 0.25) is 0 Å². The first kappa shape index (κ1) is 19.0. The molecule has 0 bridgehead atoms. The predicted molar refractivity (Wildman–Crippen MR) is 115 cm³/mol. The van der Waals surface area contributed by atoms with Gasteiger partial charge in [-0.3, -0.25) is 14.9 Å². The molecule has 0 spiro atoms. The first-order chi connectivity index (χ1) is 14.7. The van der Waals surface area contributed by atoms with Gasteiger partial charge in [0.1, 0.15) is 17.9 Å². The van der Waals surface area contributed by atoms with Crippen LogP contribution in [-0.4, -0.2) is 40.6 Å². The number of thioether (sulfide) groups is 1. The van der Waals surface area contributed by atoms with Crippen LogP contribution in [0.15, 0.2) is 52.9 Å². The Kier molecular flexibility index (Phi) is 5.08. The van der Waals surface area contributed by atoms with E-state index in [-0.39, 0.29) is 16.4 Å². The number of nitrogens with one attached hydrogen (secondary N) is 1. The van der Waals surface area contributed by atoms with Crippen LogP contribution in [0.1, 0.15) is 18.4 Å². The number of carbonyl (C=O) groups is 2. The molecule has 1 saturated heterocycles. The average molecular weight is 423 g/mol. The minimum absolute atomic E-state index is 0.218. The standard InChI is InChI=1S/C22H21N3O4S/c26-20-19(30-22(27)24-20)13-14-5-9-16(10-6-14)28-12-11-25(15-7-8-15)21-23-17-3-1-2-4-18(17)29-21/h1-6,9-10,15,19H,7-8,11-13H2,(H,24,26,27). The van der Waals surface area contributed by atoms with Crippen molar-refractivity contribution >= 4 is 40.0 Å². The van der Waals surface area contributed by atoms with E-state index in [0.717, 1.165) is 47.0 Å². The van der Waals surface area contributed by atoms with Gasteiger partial charge in [0.25, 0.3) is 11.3 Å². The Morgan fingerprint density at radius 2 is 1.93 bits per heavy atom. The van der Waals surface area contributed by atoms with Gasteiger partial charge in [0.15, 0.2) is 5.58 Å². The number of oxazole rings is 1. The van der Waals surface area contributed by atoms with Crippen molar-refractivity contribution < 1.29 is 18.7 Å². The zero-order valence-corrected chi connectivity index (χ0v) is 17.1. The van der Waals surface area contributed by atoms with Crippen LogP contribution in [0.25, 0.3) is 11.1 Å². The Labute approximate surface area is 177 Å². The normalized spacial score (nSPS) is 18.6. The Hall–Kier alpha value is -3.00. The van der Waals surface area contributed by atoms with Crippen molar-refractivity contribution in [2.45, 2.75) is 30.6 Å². The molecule has 1 aliphatic carbocycles. The van der Waals surface area contributed by atoms with E-state index < -0.39 is 0 Å². The van der Waals surface area contributed by atoms with Crippen molar-refractivity contribution in [3.8, 4) is 5.75 Å². The molecule has 1 aromatic heterocycles. The second kappa shape index (κ2) is 8.02. The number of nitrogens with zero attached hydrogens (tertiary/aromatic N) is 2. The highest BCUT2D eigenvalue weighted by Gasteiger charge is 2.32. The van der Waals surface area contributed by atoms with Crippen LogP contribution in [0.3, 0.4) is 0 Å². The number of anilines is 1. The van der Waals surface area contributed by atoms with E-state index in [0.29, 0.717) is 31.6 Å². The smallest absolute Gasteiger partial charge is 0.298 e. The second-order valence-corrected chi connectivity index (χ2v) is 8.64. The quantitative estimate of drug-likeness (QED) is 0.590. The number of carbonyl (C=O) groups excluding carboxylic acids is 2. The van der Waals surface area contributed by atoms with E-state index in [9.17, 15) is 9.59 Å². The molecule has 2 heterocycles.